The van der Waals surface area contributed by atoms with Crippen LogP contribution in [0.1, 0.15) is 29.9 Å². The normalized spacial score (nSPS) is 23.8. The van der Waals surface area contributed by atoms with Gasteiger partial charge < -0.3 is 14.2 Å². The van der Waals surface area contributed by atoms with Gasteiger partial charge in [0.25, 0.3) is 0 Å². The Labute approximate surface area is 151 Å². The second-order valence-electron chi connectivity index (χ2n) is 6.27. The molecule has 1 heterocycles. The van der Waals surface area contributed by atoms with Gasteiger partial charge in [0.05, 0.1) is 17.5 Å². The first-order chi connectivity index (χ1) is 12.2. The lowest BCUT2D eigenvalue weighted by molar-refractivity contribution is -0.144. The number of esters is 1. The summed E-state index contributed by atoms with van der Waals surface area (Å²) in [7, 11) is 0. The second-order valence-corrected chi connectivity index (χ2v) is 6.67. The van der Waals surface area contributed by atoms with Crippen molar-refractivity contribution < 1.29 is 19.0 Å². The van der Waals surface area contributed by atoms with E-state index in [9.17, 15) is 4.79 Å². The maximum Gasteiger partial charge on any atom is 0.310 e. The van der Waals surface area contributed by atoms with Crippen molar-refractivity contribution in [3.05, 3.63) is 58.6 Å². The summed E-state index contributed by atoms with van der Waals surface area (Å²) in [6, 6.07) is 13.9. The van der Waals surface area contributed by atoms with Gasteiger partial charge in [-0.25, -0.2) is 0 Å². The van der Waals surface area contributed by atoms with Crippen molar-refractivity contribution in [1.82, 2.24) is 0 Å². The van der Waals surface area contributed by atoms with Crippen LogP contribution in [0, 0.1) is 5.92 Å². The van der Waals surface area contributed by atoms with Crippen LogP contribution in [0.4, 0.5) is 0 Å². The smallest absolute Gasteiger partial charge is 0.310 e. The molecule has 3 unspecified atom stereocenters. The summed E-state index contributed by atoms with van der Waals surface area (Å²) in [6.45, 7) is 3.20. The Hall–Kier alpha value is -2.20. The zero-order valence-corrected chi connectivity index (χ0v) is 14.7. The third-order valence-corrected chi connectivity index (χ3v) is 5.05. The Balaban J connectivity index is 1.70. The molecule has 0 aromatic heterocycles. The molecular formula is C20H19ClO4. The monoisotopic (exact) mass is 358 g/mol. The first-order valence-electron chi connectivity index (χ1n) is 8.51. The van der Waals surface area contributed by atoms with E-state index in [1.165, 1.54) is 0 Å². The SMILES string of the molecule is CCOC(=O)C1C(c2ccccc2)C1c1cc(Cl)c2c(c1)OCCO2. The standard InChI is InChI=1S/C20H19ClO4/c1-2-23-20(22)18-16(12-6-4-3-5-7-12)17(18)13-10-14(21)19-15(11-13)24-8-9-25-19/h3-7,10-11,16-18H,2,8-9H2,1H3. The number of carbonyl (C=O) groups is 1. The van der Waals surface area contributed by atoms with Crippen molar-refractivity contribution in [3.8, 4) is 11.5 Å². The molecule has 0 amide bonds. The van der Waals surface area contributed by atoms with Crippen molar-refractivity contribution in [1.29, 1.82) is 0 Å². The largest absolute Gasteiger partial charge is 0.486 e. The van der Waals surface area contributed by atoms with E-state index in [-0.39, 0.29) is 23.7 Å². The first kappa shape index (κ1) is 16.3. The predicted molar refractivity (Wildman–Crippen MR) is 94.5 cm³/mol. The molecule has 25 heavy (non-hydrogen) atoms. The quantitative estimate of drug-likeness (QED) is 0.769. The van der Waals surface area contributed by atoms with Crippen molar-refractivity contribution in [2.75, 3.05) is 19.8 Å². The molecule has 3 atom stereocenters. The lowest BCUT2D eigenvalue weighted by atomic mass is 10.0. The van der Waals surface area contributed by atoms with Crippen molar-refractivity contribution >= 4 is 17.6 Å². The van der Waals surface area contributed by atoms with E-state index in [0.717, 1.165) is 11.1 Å². The molecule has 0 bridgehead atoms. The molecule has 4 nitrogen and oxygen atoms in total. The second kappa shape index (κ2) is 6.60. The number of fused-ring (bicyclic) bond motifs is 1. The minimum absolute atomic E-state index is 0.0368. The molecule has 0 N–H and O–H groups in total. The average molecular weight is 359 g/mol. The Morgan fingerprint density at radius 3 is 2.60 bits per heavy atom. The van der Waals surface area contributed by atoms with E-state index in [0.29, 0.717) is 36.3 Å². The Bertz CT molecular complexity index is 790. The number of hydrogen-bond donors (Lipinski definition) is 0. The Morgan fingerprint density at radius 1 is 1.12 bits per heavy atom. The zero-order chi connectivity index (χ0) is 17.4. The number of halogens is 1. The van der Waals surface area contributed by atoms with E-state index in [1.807, 2.05) is 37.3 Å². The van der Waals surface area contributed by atoms with E-state index >= 15 is 0 Å². The first-order valence-corrected chi connectivity index (χ1v) is 8.89. The summed E-state index contributed by atoms with van der Waals surface area (Å²) in [6.07, 6.45) is 0. The summed E-state index contributed by atoms with van der Waals surface area (Å²) in [4.78, 5) is 12.4. The van der Waals surface area contributed by atoms with Gasteiger partial charge >= 0.3 is 5.97 Å². The molecule has 0 saturated heterocycles. The van der Waals surface area contributed by atoms with E-state index < -0.39 is 0 Å². The molecule has 5 heteroatoms. The fourth-order valence-electron chi connectivity index (χ4n) is 3.67. The van der Waals surface area contributed by atoms with Crippen LogP contribution in [-0.4, -0.2) is 25.8 Å². The molecule has 2 aliphatic rings. The zero-order valence-electron chi connectivity index (χ0n) is 13.9. The third-order valence-electron chi connectivity index (χ3n) is 4.77. The van der Waals surface area contributed by atoms with E-state index in [2.05, 4.69) is 12.1 Å². The molecule has 1 fully saturated rings. The highest BCUT2D eigenvalue weighted by Crippen LogP contribution is 2.62. The topological polar surface area (TPSA) is 44.8 Å². The van der Waals surface area contributed by atoms with Crippen molar-refractivity contribution in [2.45, 2.75) is 18.8 Å². The van der Waals surface area contributed by atoms with Crippen LogP contribution >= 0.6 is 11.6 Å². The highest BCUT2D eigenvalue weighted by atomic mass is 35.5. The average Bonchev–Trinajstić information content (AvgIpc) is 3.38. The molecule has 2 aromatic rings. The summed E-state index contributed by atoms with van der Waals surface area (Å²) in [5.41, 5.74) is 2.12. The summed E-state index contributed by atoms with van der Waals surface area (Å²) in [5, 5.41) is 0.522. The number of hydrogen-bond acceptors (Lipinski definition) is 4. The van der Waals surface area contributed by atoms with E-state index in [4.69, 9.17) is 25.8 Å². The van der Waals surface area contributed by atoms with Crippen molar-refractivity contribution in [3.63, 3.8) is 0 Å². The fraction of sp³-hybridized carbons (Fsp3) is 0.350. The van der Waals surface area contributed by atoms with Gasteiger partial charge in [0.1, 0.15) is 13.2 Å². The van der Waals surface area contributed by atoms with Gasteiger partial charge in [-0.3, -0.25) is 4.79 Å². The fourth-order valence-corrected chi connectivity index (χ4v) is 3.94. The van der Waals surface area contributed by atoms with Gasteiger partial charge in [0.15, 0.2) is 11.5 Å². The minimum Gasteiger partial charge on any atom is -0.486 e. The molecule has 1 aliphatic heterocycles. The van der Waals surface area contributed by atoms with Crippen LogP contribution in [0.3, 0.4) is 0 Å². The minimum atomic E-state index is -0.194. The van der Waals surface area contributed by atoms with Gasteiger partial charge in [-0.05, 0) is 30.2 Å². The maximum absolute atomic E-state index is 12.4. The maximum atomic E-state index is 12.4. The van der Waals surface area contributed by atoms with E-state index in [1.54, 1.807) is 0 Å². The van der Waals surface area contributed by atoms with Crippen molar-refractivity contribution in [2.24, 2.45) is 5.92 Å². The van der Waals surface area contributed by atoms with Gasteiger partial charge in [0.2, 0.25) is 0 Å². The number of carbonyl (C=O) groups excluding carboxylic acids is 1. The van der Waals surface area contributed by atoms with Crippen LogP contribution in [0.5, 0.6) is 11.5 Å². The molecule has 1 aliphatic carbocycles. The molecule has 130 valence electrons. The number of benzene rings is 2. The van der Waals surface area contributed by atoms with Crippen LogP contribution in [0.25, 0.3) is 0 Å². The van der Waals surface area contributed by atoms with Crippen LogP contribution in [0.15, 0.2) is 42.5 Å². The van der Waals surface area contributed by atoms with Crippen LogP contribution in [-0.2, 0) is 9.53 Å². The van der Waals surface area contributed by atoms with Gasteiger partial charge in [-0.1, -0.05) is 41.9 Å². The third kappa shape index (κ3) is 2.95. The summed E-state index contributed by atoms with van der Waals surface area (Å²) in [5.74, 6) is 1.01. The molecule has 0 spiro atoms. The van der Waals surface area contributed by atoms with Gasteiger partial charge in [-0.15, -0.1) is 0 Å². The molecular weight excluding hydrogens is 340 g/mol. The molecule has 4 rings (SSSR count). The summed E-state index contributed by atoms with van der Waals surface area (Å²) >= 11 is 6.38. The molecule has 0 radical (unpaired) electrons. The highest BCUT2D eigenvalue weighted by molar-refractivity contribution is 6.32. The molecule has 2 aromatic carbocycles. The van der Waals surface area contributed by atoms with Crippen LogP contribution < -0.4 is 9.47 Å². The highest BCUT2D eigenvalue weighted by Gasteiger charge is 2.57. The predicted octanol–water partition coefficient (Wildman–Crippen LogP) is 4.17. The summed E-state index contributed by atoms with van der Waals surface area (Å²) < 4.78 is 16.6. The Morgan fingerprint density at radius 2 is 1.84 bits per heavy atom. The number of rotatable bonds is 4. The Kier molecular flexibility index (Phi) is 4.30. The van der Waals surface area contributed by atoms with Gasteiger partial charge in [0, 0.05) is 11.8 Å². The lowest BCUT2D eigenvalue weighted by Crippen LogP contribution is -2.16. The lowest BCUT2D eigenvalue weighted by Gasteiger charge is -2.20. The van der Waals surface area contributed by atoms with Gasteiger partial charge in [-0.2, -0.15) is 0 Å². The molecule has 1 saturated carbocycles. The number of ether oxygens (including phenoxy) is 3. The van der Waals surface area contributed by atoms with Crippen LogP contribution in [0.2, 0.25) is 5.02 Å².